The molecule has 0 spiro atoms. The lowest BCUT2D eigenvalue weighted by Crippen LogP contribution is -2.34. The average Bonchev–Trinajstić information content (AvgIpc) is 4.01. The predicted molar refractivity (Wildman–Crippen MR) is 180 cm³/mol. The van der Waals surface area contributed by atoms with Gasteiger partial charge >= 0.3 is 0 Å². The molecular formula is C40H38O11. The van der Waals surface area contributed by atoms with Crippen LogP contribution >= 0.6 is 0 Å². The van der Waals surface area contributed by atoms with Crippen LogP contribution in [0.3, 0.4) is 0 Å². The van der Waals surface area contributed by atoms with E-state index < -0.39 is 12.6 Å². The molecule has 0 bridgehead atoms. The molecule has 4 aromatic carbocycles. The highest BCUT2D eigenvalue weighted by molar-refractivity contribution is 5.47. The maximum absolute atomic E-state index is 6.97. The Morgan fingerprint density at radius 1 is 0.392 bits per heavy atom. The van der Waals surface area contributed by atoms with Crippen LogP contribution in [0.4, 0.5) is 0 Å². The minimum absolute atomic E-state index is 0.0542. The van der Waals surface area contributed by atoms with Gasteiger partial charge in [0.25, 0.3) is 0 Å². The summed E-state index contributed by atoms with van der Waals surface area (Å²) < 4.78 is 65.2. The van der Waals surface area contributed by atoms with Crippen molar-refractivity contribution in [3.8, 4) is 46.0 Å². The van der Waals surface area contributed by atoms with Crippen molar-refractivity contribution < 1.29 is 52.1 Å². The van der Waals surface area contributed by atoms with Crippen molar-refractivity contribution in [1.29, 1.82) is 0 Å². The van der Waals surface area contributed by atoms with Crippen LogP contribution in [0.5, 0.6) is 46.0 Å². The summed E-state index contributed by atoms with van der Waals surface area (Å²) in [5, 5.41) is 0. The molecule has 51 heavy (non-hydrogen) atoms. The largest absolute Gasteiger partial charge is 0.454 e. The van der Waals surface area contributed by atoms with Gasteiger partial charge in [-0.05, 0) is 108 Å². The van der Waals surface area contributed by atoms with Crippen LogP contribution in [-0.2, 0) is 39.9 Å². The van der Waals surface area contributed by atoms with Gasteiger partial charge in [0, 0.05) is 11.8 Å². The van der Waals surface area contributed by atoms with Gasteiger partial charge in [0.1, 0.15) is 0 Å². The molecular weight excluding hydrogens is 656 g/mol. The van der Waals surface area contributed by atoms with Gasteiger partial charge in [-0.3, -0.25) is 0 Å². The van der Waals surface area contributed by atoms with Crippen LogP contribution in [0.1, 0.15) is 22.3 Å². The summed E-state index contributed by atoms with van der Waals surface area (Å²) in [4.78, 5) is 0. The smallest absolute Gasteiger partial charge is 0.231 e. The first-order chi connectivity index (χ1) is 25.2. The molecule has 0 amide bonds. The summed E-state index contributed by atoms with van der Waals surface area (Å²) in [6.07, 6.45) is 2.17. The molecule has 2 fully saturated rings. The zero-order chi connectivity index (χ0) is 33.7. The Hall–Kier alpha value is -4.84. The normalized spacial score (nSPS) is 26.3. The lowest BCUT2D eigenvalue weighted by Gasteiger charge is -2.29. The zero-order valence-corrected chi connectivity index (χ0v) is 28.0. The van der Waals surface area contributed by atoms with Crippen molar-refractivity contribution in [1.82, 2.24) is 0 Å². The Kier molecular flexibility index (Phi) is 7.91. The second-order valence-corrected chi connectivity index (χ2v) is 14.0. The number of hydrogen-bond donors (Lipinski definition) is 0. The van der Waals surface area contributed by atoms with E-state index in [1.807, 2.05) is 24.3 Å². The molecule has 10 rings (SSSR count). The highest BCUT2D eigenvalue weighted by atomic mass is 16.8. The third-order valence-electron chi connectivity index (χ3n) is 10.8. The molecule has 0 unspecified atom stereocenters. The van der Waals surface area contributed by atoms with Crippen molar-refractivity contribution in [3.63, 3.8) is 0 Å². The van der Waals surface area contributed by atoms with Gasteiger partial charge in [-0.15, -0.1) is 0 Å². The van der Waals surface area contributed by atoms with Crippen LogP contribution in [0, 0.1) is 23.7 Å². The summed E-state index contributed by atoms with van der Waals surface area (Å²) in [5.74, 6) is 6.70. The summed E-state index contributed by atoms with van der Waals surface area (Å²) >= 11 is 0. The second-order valence-electron chi connectivity index (χ2n) is 14.0. The van der Waals surface area contributed by atoms with Crippen molar-refractivity contribution in [2.75, 3.05) is 40.4 Å². The minimum Gasteiger partial charge on any atom is -0.454 e. The summed E-state index contributed by atoms with van der Waals surface area (Å²) in [6, 6.07) is 24.7. The average molecular weight is 695 g/mol. The van der Waals surface area contributed by atoms with Gasteiger partial charge in [-0.2, -0.15) is 0 Å². The second kappa shape index (κ2) is 13.0. The minimum atomic E-state index is -0.469. The Morgan fingerprint density at radius 3 is 1.06 bits per heavy atom. The third kappa shape index (κ3) is 6.13. The third-order valence-corrected chi connectivity index (χ3v) is 10.8. The Labute approximate surface area is 295 Å². The van der Waals surface area contributed by atoms with Crippen LogP contribution in [0.15, 0.2) is 72.8 Å². The van der Waals surface area contributed by atoms with Gasteiger partial charge in [0.05, 0.1) is 13.2 Å². The van der Waals surface area contributed by atoms with E-state index in [4.69, 9.17) is 52.1 Å². The maximum atomic E-state index is 6.97. The van der Waals surface area contributed by atoms with E-state index in [1.54, 1.807) is 0 Å². The number of rotatable bonds is 10. The van der Waals surface area contributed by atoms with Crippen molar-refractivity contribution in [2.24, 2.45) is 23.7 Å². The van der Waals surface area contributed by atoms with E-state index in [0.717, 1.165) is 82.8 Å². The molecule has 0 aliphatic carbocycles. The summed E-state index contributed by atoms with van der Waals surface area (Å²) in [6.45, 7) is 2.10. The molecule has 0 aromatic heterocycles. The Morgan fingerprint density at radius 2 is 0.706 bits per heavy atom. The number of fused-ring (bicyclic) bond motifs is 4. The predicted octanol–water partition coefficient (Wildman–Crippen LogP) is 6.07. The maximum Gasteiger partial charge on any atom is 0.231 e. The van der Waals surface area contributed by atoms with E-state index in [-0.39, 0.29) is 50.8 Å². The Bertz CT molecular complexity index is 1790. The van der Waals surface area contributed by atoms with E-state index in [9.17, 15) is 0 Å². The zero-order valence-electron chi connectivity index (χ0n) is 28.0. The molecule has 4 aromatic rings. The fraction of sp³-hybridized carbons (Fsp3) is 0.400. The van der Waals surface area contributed by atoms with Crippen molar-refractivity contribution in [3.05, 3.63) is 95.1 Å². The molecule has 0 N–H and O–H groups in total. The molecule has 0 radical (unpaired) electrons. The molecule has 6 heterocycles. The first-order valence-corrected chi connectivity index (χ1v) is 17.6. The summed E-state index contributed by atoms with van der Waals surface area (Å²) in [5.41, 5.74) is 4.63. The molecule has 11 nitrogen and oxygen atoms in total. The van der Waals surface area contributed by atoms with Gasteiger partial charge in [0.2, 0.25) is 27.2 Å². The molecule has 11 heteroatoms. The molecule has 2 saturated heterocycles. The number of ether oxygens (including phenoxy) is 11. The summed E-state index contributed by atoms with van der Waals surface area (Å²) in [7, 11) is 0. The molecule has 6 aliphatic rings. The van der Waals surface area contributed by atoms with E-state index in [0.29, 0.717) is 13.2 Å². The van der Waals surface area contributed by atoms with Gasteiger partial charge < -0.3 is 52.1 Å². The number of hydrogen-bond acceptors (Lipinski definition) is 11. The topological polar surface area (TPSA) is 102 Å². The number of benzene rings is 4. The molecule has 6 atom stereocenters. The molecule has 264 valence electrons. The van der Waals surface area contributed by atoms with Crippen LogP contribution in [0.25, 0.3) is 0 Å². The van der Waals surface area contributed by atoms with Gasteiger partial charge in [-0.1, -0.05) is 24.3 Å². The molecule has 6 aliphatic heterocycles. The monoisotopic (exact) mass is 694 g/mol. The van der Waals surface area contributed by atoms with Gasteiger partial charge in [-0.25, -0.2) is 0 Å². The lowest BCUT2D eigenvalue weighted by atomic mass is 9.83. The molecule has 0 saturated carbocycles. The fourth-order valence-corrected chi connectivity index (χ4v) is 8.16. The lowest BCUT2D eigenvalue weighted by molar-refractivity contribution is -0.238. The quantitative estimate of drug-likeness (QED) is 0.194. The first-order valence-electron chi connectivity index (χ1n) is 17.6. The van der Waals surface area contributed by atoms with Gasteiger partial charge in [0.15, 0.2) is 58.6 Å². The van der Waals surface area contributed by atoms with Crippen LogP contribution < -0.4 is 37.9 Å². The van der Waals surface area contributed by atoms with E-state index in [1.165, 1.54) is 11.1 Å². The standard InChI is InChI=1S/C40H38O11/c1-5-31-35(47-19-43-31)13-23(1)9-27-17-41-39(29(27)11-25-3-7-33-37(15-25)49-21-45-33)51-40-30(12-26-4-8-34-38(16-26)50-22-46-34)28(18-42-40)10-24-2-6-32-36(14-24)48-20-44-32/h1-8,13-16,27-30,39-40H,9-12,17-22H2/t27-,28-,29+,30+,39-,40+/m0/s1. The van der Waals surface area contributed by atoms with Crippen molar-refractivity contribution >= 4 is 0 Å². The SMILES string of the molecule is c1cc2c(cc1C[C@H]1CO[C@H](O[C@@H]3OC[C@H](Cc4ccc5c(c4)OCO5)[C@H]3Cc3ccc4c(c3)OCO4)[C@@H]1Cc1ccc3c(c1)OCO3)OCO2. The highest BCUT2D eigenvalue weighted by Crippen LogP contribution is 2.43. The van der Waals surface area contributed by atoms with E-state index in [2.05, 4.69) is 48.5 Å². The Balaban J connectivity index is 0.919. The highest BCUT2D eigenvalue weighted by Gasteiger charge is 2.45. The van der Waals surface area contributed by atoms with Crippen molar-refractivity contribution in [2.45, 2.75) is 38.3 Å². The van der Waals surface area contributed by atoms with E-state index >= 15 is 0 Å². The fourth-order valence-electron chi connectivity index (χ4n) is 8.16. The first kappa shape index (κ1) is 30.9. The van der Waals surface area contributed by atoms with Crippen LogP contribution in [-0.4, -0.2) is 53.0 Å². The van der Waals surface area contributed by atoms with Crippen LogP contribution in [0.2, 0.25) is 0 Å².